The molecule has 0 bridgehead atoms. The maximum Gasteiger partial charge on any atom is 0.222 e. The lowest BCUT2D eigenvalue weighted by molar-refractivity contribution is -0.128. The molecular weight excluding hydrogens is 174 g/mol. The minimum absolute atomic E-state index is 0.168. The summed E-state index contributed by atoms with van der Waals surface area (Å²) in [6.45, 7) is 0. The lowest BCUT2D eigenvalue weighted by atomic mass is 9.96. The van der Waals surface area contributed by atoms with E-state index in [0.717, 1.165) is 5.92 Å². The molecule has 1 aliphatic heterocycles. The van der Waals surface area contributed by atoms with E-state index in [1.54, 1.807) is 0 Å². The van der Waals surface area contributed by atoms with Gasteiger partial charge in [0.2, 0.25) is 5.91 Å². The average molecular weight is 187 g/mol. The summed E-state index contributed by atoms with van der Waals surface area (Å²) < 4.78 is 0. The zero-order chi connectivity index (χ0) is 9.54. The normalized spacial score (nSPS) is 25.4. The standard InChI is InChI=1S/C12H13NO/c14-12-7-11(13-12)10-5-3-9(4-6-10)8-1-2-8/h3-6,8,11H,1-2,7H2,(H,13,14). The molecule has 3 rings (SSSR count). The molecule has 2 aliphatic rings. The van der Waals surface area contributed by atoms with Crippen LogP contribution in [-0.4, -0.2) is 5.91 Å². The van der Waals surface area contributed by atoms with Crippen molar-refractivity contribution in [2.75, 3.05) is 0 Å². The van der Waals surface area contributed by atoms with E-state index in [0.29, 0.717) is 6.42 Å². The van der Waals surface area contributed by atoms with Gasteiger partial charge in [0, 0.05) is 0 Å². The van der Waals surface area contributed by atoms with Crippen molar-refractivity contribution in [2.45, 2.75) is 31.2 Å². The molecule has 1 aromatic carbocycles. The molecule has 1 aliphatic carbocycles. The summed E-state index contributed by atoms with van der Waals surface area (Å²) in [4.78, 5) is 10.8. The lowest BCUT2D eigenvalue weighted by Gasteiger charge is -2.27. The maximum atomic E-state index is 10.8. The summed E-state index contributed by atoms with van der Waals surface area (Å²) in [6, 6.07) is 8.99. The number of carbonyl (C=O) groups is 1. The van der Waals surface area contributed by atoms with Gasteiger partial charge in [0.15, 0.2) is 0 Å². The van der Waals surface area contributed by atoms with Gasteiger partial charge in [-0.3, -0.25) is 4.79 Å². The third-order valence-electron chi connectivity index (χ3n) is 3.11. The summed E-state index contributed by atoms with van der Waals surface area (Å²) in [5.74, 6) is 0.987. The first kappa shape index (κ1) is 8.04. The van der Waals surface area contributed by atoms with Crippen LogP contribution >= 0.6 is 0 Å². The molecule has 2 fully saturated rings. The average Bonchev–Trinajstić information content (AvgIpc) is 2.97. The van der Waals surface area contributed by atoms with Crippen LogP contribution in [0.5, 0.6) is 0 Å². The highest BCUT2D eigenvalue weighted by Crippen LogP contribution is 2.40. The van der Waals surface area contributed by atoms with Crippen LogP contribution in [0, 0.1) is 0 Å². The number of amides is 1. The molecule has 0 radical (unpaired) electrons. The van der Waals surface area contributed by atoms with E-state index >= 15 is 0 Å². The SMILES string of the molecule is O=C1CC(c2ccc(C3CC3)cc2)N1. The minimum atomic E-state index is 0.168. The summed E-state index contributed by atoms with van der Waals surface area (Å²) in [5.41, 5.74) is 2.70. The number of β-lactam (4-membered cyclic amide) rings is 1. The maximum absolute atomic E-state index is 10.8. The van der Waals surface area contributed by atoms with Gasteiger partial charge in [-0.15, -0.1) is 0 Å². The number of carbonyl (C=O) groups excluding carboxylic acids is 1. The monoisotopic (exact) mass is 187 g/mol. The fourth-order valence-electron chi connectivity index (χ4n) is 1.98. The van der Waals surface area contributed by atoms with Crippen molar-refractivity contribution in [1.82, 2.24) is 5.32 Å². The Morgan fingerprint density at radius 3 is 2.14 bits per heavy atom. The fourth-order valence-corrected chi connectivity index (χ4v) is 1.98. The molecule has 2 heteroatoms. The van der Waals surface area contributed by atoms with Gasteiger partial charge in [0.05, 0.1) is 12.5 Å². The van der Waals surface area contributed by atoms with Gasteiger partial charge in [-0.2, -0.15) is 0 Å². The molecule has 1 amide bonds. The van der Waals surface area contributed by atoms with E-state index in [1.807, 2.05) is 0 Å². The summed E-state index contributed by atoms with van der Waals surface area (Å²) >= 11 is 0. The molecule has 2 nitrogen and oxygen atoms in total. The Morgan fingerprint density at radius 2 is 1.64 bits per heavy atom. The van der Waals surface area contributed by atoms with Crippen molar-refractivity contribution in [3.8, 4) is 0 Å². The van der Waals surface area contributed by atoms with E-state index in [4.69, 9.17) is 0 Å². The van der Waals surface area contributed by atoms with Gasteiger partial charge in [0.25, 0.3) is 0 Å². The lowest BCUT2D eigenvalue weighted by Crippen LogP contribution is -2.41. The Bertz CT molecular complexity index is 356. The van der Waals surface area contributed by atoms with Crippen LogP contribution in [0.3, 0.4) is 0 Å². The third-order valence-corrected chi connectivity index (χ3v) is 3.11. The fraction of sp³-hybridized carbons (Fsp3) is 0.417. The number of rotatable bonds is 2. The Balaban J connectivity index is 1.76. The summed E-state index contributed by atoms with van der Waals surface area (Å²) in [5, 5.41) is 2.88. The molecule has 1 heterocycles. The van der Waals surface area contributed by atoms with E-state index in [2.05, 4.69) is 29.6 Å². The van der Waals surface area contributed by atoms with Crippen LogP contribution < -0.4 is 5.32 Å². The second kappa shape index (κ2) is 2.84. The topological polar surface area (TPSA) is 29.1 Å². The number of hydrogen-bond donors (Lipinski definition) is 1. The summed E-state index contributed by atoms with van der Waals surface area (Å²) in [6.07, 6.45) is 3.35. The number of hydrogen-bond acceptors (Lipinski definition) is 1. The van der Waals surface area contributed by atoms with Crippen molar-refractivity contribution in [2.24, 2.45) is 0 Å². The molecule has 1 saturated heterocycles. The van der Waals surface area contributed by atoms with Crippen molar-refractivity contribution in [3.63, 3.8) is 0 Å². The highest BCUT2D eigenvalue weighted by Gasteiger charge is 2.27. The molecular formula is C12H13NO. The highest BCUT2D eigenvalue weighted by molar-refractivity contribution is 5.83. The van der Waals surface area contributed by atoms with Gasteiger partial charge in [-0.1, -0.05) is 24.3 Å². The van der Waals surface area contributed by atoms with Gasteiger partial charge >= 0.3 is 0 Å². The second-order valence-electron chi connectivity index (χ2n) is 4.27. The molecule has 1 unspecified atom stereocenters. The number of nitrogens with one attached hydrogen (secondary N) is 1. The van der Waals surface area contributed by atoms with Gasteiger partial charge in [-0.25, -0.2) is 0 Å². The predicted molar refractivity (Wildman–Crippen MR) is 53.9 cm³/mol. The van der Waals surface area contributed by atoms with Crippen molar-refractivity contribution in [1.29, 1.82) is 0 Å². The quantitative estimate of drug-likeness (QED) is 0.706. The first-order valence-electron chi connectivity index (χ1n) is 5.22. The van der Waals surface area contributed by atoms with Gasteiger partial charge in [0.1, 0.15) is 0 Å². The Kier molecular flexibility index (Phi) is 1.63. The Hall–Kier alpha value is -1.31. The van der Waals surface area contributed by atoms with Gasteiger partial charge in [-0.05, 0) is 29.9 Å². The van der Waals surface area contributed by atoms with E-state index in [-0.39, 0.29) is 11.9 Å². The van der Waals surface area contributed by atoms with Crippen molar-refractivity contribution in [3.05, 3.63) is 35.4 Å². The van der Waals surface area contributed by atoms with Crippen LogP contribution in [0.1, 0.15) is 42.3 Å². The van der Waals surface area contributed by atoms with E-state index in [9.17, 15) is 4.79 Å². The van der Waals surface area contributed by atoms with Crippen LogP contribution in [0.2, 0.25) is 0 Å². The minimum Gasteiger partial charge on any atom is -0.349 e. The zero-order valence-electron chi connectivity index (χ0n) is 7.99. The van der Waals surface area contributed by atoms with Crippen LogP contribution in [0.4, 0.5) is 0 Å². The molecule has 1 N–H and O–H groups in total. The molecule has 0 aromatic heterocycles. The number of benzene rings is 1. The molecule has 14 heavy (non-hydrogen) atoms. The predicted octanol–water partition coefficient (Wildman–Crippen LogP) is 2.12. The second-order valence-corrected chi connectivity index (χ2v) is 4.27. The first-order valence-corrected chi connectivity index (χ1v) is 5.22. The van der Waals surface area contributed by atoms with Crippen molar-refractivity contribution >= 4 is 5.91 Å². The third kappa shape index (κ3) is 1.31. The van der Waals surface area contributed by atoms with Gasteiger partial charge < -0.3 is 5.32 Å². The van der Waals surface area contributed by atoms with E-state index < -0.39 is 0 Å². The van der Waals surface area contributed by atoms with E-state index in [1.165, 1.54) is 24.0 Å². The molecule has 0 spiro atoms. The Labute approximate surface area is 83.3 Å². The molecule has 1 saturated carbocycles. The van der Waals surface area contributed by atoms with Crippen molar-refractivity contribution < 1.29 is 4.79 Å². The zero-order valence-corrected chi connectivity index (χ0v) is 7.99. The smallest absolute Gasteiger partial charge is 0.222 e. The molecule has 1 atom stereocenters. The summed E-state index contributed by atoms with van der Waals surface area (Å²) in [7, 11) is 0. The first-order chi connectivity index (χ1) is 6.83. The molecule has 1 aromatic rings. The Morgan fingerprint density at radius 1 is 1.07 bits per heavy atom. The van der Waals surface area contributed by atoms with Crippen LogP contribution in [-0.2, 0) is 4.79 Å². The molecule has 72 valence electrons. The van der Waals surface area contributed by atoms with Crippen LogP contribution in [0.15, 0.2) is 24.3 Å². The van der Waals surface area contributed by atoms with Crippen LogP contribution in [0.25, 0.3) is 0 Å². The highest BCUT2D eigenvalue weighted by atomic mass is 16.2. The largest absolute Gasteiger partial charge is 0.349 e.